The smallest absolute Gasteiger partial charge is 0.241 e. The summed E-state index contributed by atoms with van der Waals surface area (Å²) in [5, 5.41) is 0. The Kier molecular flexibility index (Phi) is 5.13. The Morgan fingerprint density at radius 2 is 1.93 bits per heavy atom. The fraction of sp³-hybridized carbons (Fsp3) is 0.909. The van der Waals surface area contributed by atoms with Crippen LogP contribution in [0, 0.1) is 5.92 Å². The van der Waals surface area contributed by atoms with Gasteiger partial charge in [-0.05, 0) is 32.6 Å². The van der Waals surface area contributed by atoms with Gasteiger partial charge in [-0.25, -0.2) is 0 Å². The molecule has 0 aromatic carbocycles. The molecular weight excluding hydrogens is 176 g/mol. The maximum atomic E-state index is 11.6. The van der Waals surface area contributed by atoms with E-state index in [9.17, 15) is 4.79 Å². The van der Waals surface area contributed by atoms with Gasteiger partial charge in [-0.2, -0.15) is 0 Å². The summed E-state index contributed by atoms with van der Waals surface area (Å²) in [6.45, 7) is 8.67. The summed E-state index contributed by atoms with van der Waals surface area (Å²) in [5.74, 6) is 0.714. The third kappa shape index (κ3) is 5.22. The zero-order valence-electron chi connectivity index (χ0n) is 10.1. The lowest BCUT2D eigenvalue weighted by atomic mass is 10.0. The molecule has 14 heavy (non-hydrogen) atoms. The van der Waals surface area contributed by atoms with Crippen molar-refractivity contribution in [2.24, 2.45) is 11.7 Å². The average Bonchev–Trinajstić information content (AvgIpc) is 2.00. The number of rotatable bonds is 5. The molecule has 0 aliphatic heterocycles. The number of carbonyl (C=O) groups excluding carboxylic acids is 1. The molecule has 0 heterocycles. The van der Waals surface area contributed by atoms with E-state index in [4.69, 9.17) is 5.73 Å². The first-order valence-corrected chi connectivity index (χ1v) is 5.29. The van der Waals surface area contributed by atoms with E-state index < -0.39 is 5.54 Å². The molecule has 0 bridgehead atoms. The van der Waals surface area contributed by atoms with Crippen molar-refractivity contribution in [3.8, 4) is 0 Å². The van der Waals surface area contributed by atoms with Crippen molar-refractivity contribution in [2.45, 2.75) is 46.1 Å². The second-order valence-electron chi connectivity index (χ2n) is 4.98. The van der Waals surface area contributed by atoms with Gasteiger partial charge in [0.05, 0.1) is 5.54 Å². The fourth-order valence-electron chi connectivity index (χ4n) is 1.33. The Bertz CT molecular complexity index is 182. The van der Waals surface area contributed by atoms with Crippen LogP contribution in [0.1, 0.15) is 40.5 Å². The quantitative estimate of drug-likeness (QED) is 0.733. The minimum Gasteiger partial charge on any atom is -0.344 e. The number of nitrogens with two attached hydrogens (primary N) is 1. The molecule has 0 radical (unpaired) electrons. The fourth-order valence-corrected chi connectivity index (χ4v) is 1.33. The first-order valence-electron chi connectivity index (χ1n) is 5.29. The average molecular weight is 200 g/mol. The Morgan fingerprint density at radius 1 is 1.43 bits per heavy atom. The molecular formula is C11H24N2O. The summed E-state index contributed by atoms with van der Waals surface area (Å²) in [5.41, 5.74) is 4.98. The molecule has 0 unspecified atom stereocenters. The van der Waals surface area contributed by atoms with Crippen molar-refractivity contribution in [1.82, 2.24) is 4.90 Å². The van der Waals surface area contributed by atoms with Crippen LogP contribution in [0.4, 0.5) is 0 Å². The number of nitrogens with zero attached hydrogens (tertiary/aromatic N) is 1. The molecule has 0 aliphatic carbocycles. The molecule has 1 amide bonds. The topological polar surface area (TPSA) is 46.3 Å². The van der Waals surface area contributed by atoms with Crippen LogP contribution < -0.4 is 5.73 Å². The lowest BCUT2D eigenvalue weighted by Crippen LogP contribution is -2.49. The van der Waals surface area contributed by atoms with Crippen LogP contribution in [-0.2, 0) is 4.79 Å². The maximum Gasteiger partial charge on any atom is 0.241 e. The van der Waals surface area contributed by atoms with Gasteiger partial charge in [0, 0.05) is 13.6 Å². The van der Waals surface area contributed by atoms with Gasteiger partial charge in [0.1, 0.15) is 0 Å². The van der Waals surface area contributed by atoms with Crippen LogP contribution in [0.2, 0.25) is 0 Å². The molecule has 0 atom stereocenters. The van der Waals surface area contributed by atoms with Crippen LogP contribution in [0.15, 0.2) is 0 Å². The van der Waals surface area contributed by atoms with Crippen molar-refractivity contribution in [1.29, 1.82) is 0 Å². The summed E-state index contributed by atoms with van der Waals surface area (Å²) >= 11 is 0. The predicted molar refractivity (Wildman–Crippen MR) is 60.0 cm³/mol. The second-order valence-corrected chi connectivity index (χ2v) is 4.98. The van der Waals surface area contributed by atoms with Crippen molar-refractivity contribution in [3.63, 3.8) is 0 Å². The van der Waals surface area contributed by atoms with Gasteiger partial charge in [0.2, 0.25) is 5.91 Å². The lowest BCUT2D eigenvalue weighted by Gasteiger charge is -2.26. The van der Waals surface area contributed by atoms with Crippen LogP contribution in [-0.4, -0.2) is 29.9 Å². The van der Waals surface area contributed by atoms with Gasteiger partial charge < -0.3 is 10.6 Å². The van der Waals surface area contributed by atoms with Crippen molar-refractivity contribution in [3.05, 3.63) is 0 Å². The molecule has 0 spiro atoms. The van der Waals surface area contributed by atoms with Gasteiger partial charge in [-0.15, -0.1) is 0 Å². The third-order valence-electron chi connectivity index (χ3n) is 2.17. The van der Waals surface area contributed by atoms with Crippen molar-refractivity contribution < 1.29 is 4.79 Å². The molecule has 3 nitrogen and oxygen atoms in total. The number of carbonyl (C=O) groups is 1. The van der Waals surface area contributed by atoms with Crippen LogP contribution in [0.3, 0.4) is 0 Å². The highest BCUT2D eigenvalue weighted by Crippen LogP contribution is 2.07. The molecule has 0 saturated carbocycles. The van der Waals surface area contributed by atoms with E-state index >= 15 is 0 Å². The van der Waals surface area contributed by atoms with Gasteiger partial charge in [-0.3, -0.25) is 4.79 Å². The highest BCUT2D eigenvalue weighted by molar-refractivity contribution is 5.84. The van der Waals surface area contributed by atoms with Gasteiger partial charge in [0.15, 0.2) is 0 Å². The summed E-state index contributed by atoms with van der Waals surface area (Å²) in [6.07, 6.45) is 2.21. The van der Waals surface area contributed by atoms with Crippen LogP contribution in [0.5, 0.6) is 0 Å². The summed E-state index contributed by atoms with van der Waals surface area (Å²) < 4.78 is 0. The van der Waals surface area contributed by atoms with E-state index in [-0.39, 0.29) is 5.91 Å². The molecule has 2 N–H and O–H groups in total. The van der Waals surface area contributed by atoms with E-state index in [1.54, 1.807) is 18.7 Å². The molecule has 0 aliphatic rings. The highest BCUT2D eigenvalue weighted by atomic mass is 16.2. The zero-order chi connectivity index (χ0) is 11.4. The number of hydrogen-bond donors (Lipinski definition) is 1. The van der Waals surface area contributed by atoms with E-state index in [0.717, 1.165) is 19.4 Å². The Morgan fingerprint density at radius 3 is 2.29 bits per heavy atom. The molecule has 0 aromatic heterocycles. The number of hydrogen-bond acceptors (Lipinski definition) is 2. The largest absolute Gasteiger partial charge is 0.344 e. The first kappa shape index (κ1) is 13.4. The molecule has 0 saturated heterocycles. The molecule has 0 fully saturated rings. The number of amides is 1. The minimum absolute atomic E-state index is 0.0151. The molecule has 0 aromatic rings. The Hall–Kier alpha value is -0.570. The van der Waals surface area contributed by atoms with Gasteiger partial charge in [0.25, 0.3) is 0 Å². The summed E-state index contributed by atoms with van der Waals surface area (Å²) in [4.78, 5) is 13.4. The second kappa shape index (κ2) is 5.35. The lowest BCUT2D eigenvalue weighted by molar-refractivity contribution is -0.134. The van der Waals surface area contributed by atoms with Gasteiger partial charge >= 0.3 is 0 Å². The van der Waals surface area contributed by atoms with Crippen LogP contribution >= 0.6 is 0 Å². The van der Waals surface area contributed by atoms with E-state index in [1.165, 1.54) is 0 Å². The Balaban J connectivity index is 3.86. The standard InChI is InChI=1S/C11H24N2O/c1-9(2)7-6-8-13(5)10(14)11(3,4)12/h9H,6-8,12H2,1-5H3. The molecule has 84 valence electrons. The highest BCUT2D eigenvalue weighted by Gasteiger charge is 2.24. The first-order chi connectivity index (χ1) is 6.25. The van der Waals surface area contributed by atoms with Crippen LogP contribution in [0.25, 0.3) is 0 Å². The summed E-state index contributed by atoms with van der Waals surface area (Å²) in [7, 11) is 1.82. The third-order valence-corrected chi connectivity index (χ3v) is 2.17. The van der Waals surface area contributed by atoms with Crippen molar-refractivity contribution >= 4 is 5.91 Å². The minimum atomic E-state index is -0.743. The van der Waals surface area contributed by atoms with Crippen molar-refractivity contribution in [2.75, 3.05) is 13.6 Å². The molecule has 0 rings (SSSR count). The van der Waals surface area contributed by atoms with E-state index in [1.807, 2.05) is 7.05 Å². The maximum absolute atomic E-state index is 11.6. The van der Waals surface area contributed by atoms with E-state index in [2.05, 4.69) is 13.8 Å². The molecule has 3 heteroatoms. The predicted octanol–water partition coefficient (Wildman–Crippen LogP) is 1.62. The van der Waals surface area contributed by atoms with E-state index in [0.29, 0.717) is 5.92 Å². The SMILES string of the molecule is CC(C)CCCN(C)C(=O)C(C)(C)N. The normalized spacial score (nSPS) is 11.9. The monoisotopic (exact) mass is 200 g/mol. The zero-order valence-corrected chi connectivity index (χ0v) is 10.1. The summed E-state index contributed by atoms with van der Waals surface area (Å²) in [6, 6.07) is 0. The number of likely N-dealkylation sites (N-methyl/N-ethyl adjacent to an activating group) is 1. The van der Waals surface area contributed by atoms with Gasteiger partial charge in [-0.1, -0.05) is 13.8 Å². The Labute approximate surface area is 87.6 Å².